The van der Waals surface area contributed by atoms with E-state index >= 15 is 0 Å². The molecule has 1 aromatic carbocycles. The van der Waals surface area contributed by atoms with Crippen molar-refractivity contribution in [2.75, 3.05) is 0 Å². The molecule has 1 heterocycles. The van der Waals surface area contributed by atoms with Crippen LogP contribution >= 0.6 is 0 Å². The van der Waals surface area contributed by atoms with Gasteiger partial charge in [0.1, 0.15) is 5.76 Å². The first kappa shape index (κ1) is 19.8. The lowest BCUT2D eigenvalue weighted by Crippen LogP contribution is -2.05. The van der Waals surface area contributed by atoms with Crippen molar-refractivity contribution in [1.29, 1.82) is 0 Å². The molecule has 4 heteroatoms. The predicted octanol–water partition coefficient (Wildman–Crippen LogP) is 6.04. The second-order valence-corrected chi connectivity index (χ2v) is 6.78. The summed E-state index contributed by atoms with van der Waals surface area (Å²) >= 11 is 0. The Morgan fingerprint density at radius 2 is 1.85 bits per heavy atom. The summed E-state index contributed by atoms with van der Waals surface area (Å²) in [6.07, 6.45) is 6.11. The van der Waals surface area contributed by atoms with E-state index in [0.717, 1.165) is 42.3 Å². The zero-order chi connectivity index (χ0) is 19.4. The SMILES string of the molecule is C=C(O)/C(=C\C)c1c(C(CCC)CCC)c2ccc(C(=O)O)cc2n1C. The van der Waals surface area contributed by atoms with Crippen molar-refractivity contribution in [3.05, 3.63) is 53.4 Å². The van der Waals surface area contributed by atoms with Crippen LogP contribution in [-0.4, -0.2) is 20.7 Å². The van der Waals surface area contributed by atoms with Gasteiger partial charge in [0, 0.05) is 23.5 Å². The standard InChI is InChI=1S/C22H29NO3/c1-6-9-15(10-7-2)20-18-12-11-16(22(25)26)13-19(18)23(5)21(20)17(8-3)14(4)24/h8,11-13,15,24H,4,6-7,9-10H2,1-3,5H3,(H,25,26)/b17-8+. The van der Waals surface area contributed by atoms with Gasteiger partial charge >= 0.3 is 5.97 Å². The highest BCUT2D eigenvalue weighted by atomic mass is 16.4. The van der Waals surface area contributed by atoms with Gasteiger partial charge in [-0.3, -0.25) is 0 Å². The molecule has 0 aliphatic heterocycles. The molecule has 0 saturated heterocycles. The number of hydrogen-bond acceptors (Lipinski definition) is 2. The Labute approximate surface area is 155 Å². The Morgan fingerprint density at radius 1 is 1.23 bits per heavy atom. The van der Waals surface area contributed by atoms with Gasteiger partial charge in [0.15, 0.2) is 0 Å². The summed E-state index contributed by atoms with van der Waals surface area (Å²) in [4.78, 5) is 11.4. The minimum atomic E-state index is -0.937. The first-order valence-corrected chi connectivity index (χ1v) is 9.27. The highest BCUT2D eigenvalue weighted by Crippen LogP contribution is 2.41. The first-order chi connectivity index (χ1) is 12.4. The fourth-order valence-electron chi connectivity index (χ4n) is 3.91. The van der Waals surface area contributed by atoms with Crippen molar-refractivity contribution in [3.63, 3.8) is 0 Å². The van der Waals surface area contributed by atoms with Crippen LogP contribution in [0.4, 0.5) is 0 Å². The molecule has 0 unspecified atom stereocenters. The molecular weight excluding hydrogens is 326 g/mol. The molecular formula is C22H29NO3. The molecule has 0 fully saturated rings. The fraction of sp³-hybridized carbons (Fsp3) is 0.409. The molecule has 2 rings (SSSR count). The Hall–Kier alpha value is -2.49. The average Bonchev–Trinajstić information content (AvgIpc) is 2.87. The van der Waals surface area contributed by atoms with Crippen molar-refractivity contribution in [3.8, 4) is 0 Å². The lowest BCUT2D eigenvalue weighted by Gasteiger charge is -2.19. The summed E-state index contributed by atoms with van der Waals surface area (Å²) in [6, 6.07) is 5.28. The number of fused-ring (bicyclic) bond motifs is 1. The van der Waals surface area contributed by atoms with E-state index in [1.807, 2.05) is 30.7 Å². The van der Waals surface area contributed by atoms with Gasteiger partial charge in [-0.25, -0.2) is 4.79 Å². The van der Waals surface area contributed by atoms with Gasteiger partial charge in [0.05, 0.1) is 11.3 Å². The maximum absolute atomic E-state index is 11.4. The largest absolute Gasteiger partial charge is 0.508 e. The smallest absolute Gasteiger partial charge is 0.335 e. The number of hydrogen-bond donors (Lipinski definition) is 2. The molecule has 0 amide bonds. The van der Waals surface area contributed by atoms with E-state index in [4.69, 9.17) is 0 Å². The fourth-order valence-corrected chi connectivity index (χ4v) is 3.91. The van der Waals surface area contributed by atoms with Crippen molar-refractivity contribution in [2.45, 2.75) is 52.4 Å². The summed E-state index contributed by atoms with van der Waals surface area (Å²) in [5.74, 6) is -0.550. The van der Waals surface area contributed by atoms with E-state index < -0.39 is 5.97 Å². The average molecular weight is 355 g/mol. The van der Waals surface area contributed by atoms with Gasteiger partial charge in [0.25, 0.3) is 0 Å². The van der Waals surface area contributed by atoms with Crippen LogP contribution in [0.1, 0.15) is 74.0 Å². The highest BCUT2D eigenvalue weighted by Gasteiger charge is 2.25. The number of aromatic nitrogens is 1. The Bertz CT molecular complexity index is 852. The predicted molar refractivity (Wildman–Crippen MR) is 108 cm³/mol. The number of allylic oxidation sites excluding steroid dienone is 2. The van der Waals surface area contributed by atoms with Gasteiger partial charge < -0.3 is 14.8 Å². The number of rotatable bonds is 8. The van der Waals surface area contributed by atoms with Crippen molar-refractivity contribution < 1.29 is 15.0 Å². The summed E-state index contributed by atoms with van der Waals surface area (Å²) in [6.45, 7) is 9.97. The number of aromatic carboxylic acids is 1. The Kier molecular flexibility index (Phi) is 6.30. The summed E-state index contributed by atoms with van der Waals surface area (Å²) in [5, 5.41) is 20.6. The summed E-state index contributed by atoms with van der Waals surface area (Å²) in [5.41, 5.74) is 3.96. The lowest BCUT2D eigenvalue weighted by atomic mass is 9.86. The zero-order valence-electron chi connectivity index (χ0n) is 16.2. The van der Waals surface area contributed by atoms with Gasteiger partial charge in [-0.05, 0) is 43.4 Å². The molecule has 0 bridgehead atoms. The lowest BCUT2D eigenvalue weighted by molar-refractivity contribution is 0.0697. The Balaban J connectivity index is 2.88. The third-order valence-electron chi connectivity index (χ3n) is 5.02. The maximum Gasteiger partial charge on any atom is 0.335 e. The van der Waals surface area contributed by atoms with Crippen LogP contribution in [0.25, 0.3) is 16.5 Å². The van der Waals surface area contributed by atoms with Crippen molar-refractivity contribution in [2.24, 2.45) is 7.05 Å². The third kappa shape index (κ3) is 3.55. The van der Waals surface area contributed by atoms with Crippen molar-refractivity contribution >= 4 is 22.4 Å². The number of carboxylic acids is 1. The first-order valence-electron chi connectivity index (χ1n) is 9.27. The number of aryl methyl sites for hydroxylation is 1. The number of nitrogens with zero attached hydrogens (tertiary/aromatic N) is 1. The molecule has 4 nitrogen and oxygen atoms in total. The van der Waals surface area contributed by atoms with Crippen LogP contribution in [0.2, 0.25) is 0 Å². The van der Waals surface area contributed by atoms with E-state index in [0.29, 0.717) is 11.5 Å². The van der Waals surface area contributed by atoms with E-state index in [2.05, 4.69) is 20.4 Å². The van der Waals surface area contributed by atoms with Gasteiger partial charge in [-0.1, -0.05) is 45.4 Å². The van der Waals surface area contributed by atoms with E-state index in [1.165, 1.54) is 5.56 Å². The molecule has 0 aliphatic carbocycles. The van der Waals surface area contributed by atoms with Crippen LogP contribution in [0.3, 0.4) is 0 Å². The third-order valence-corrected chi connectivity index (χ3v) is 5.02. The summed E-state index contributed by atoms with van der Waals surface area (Å²) in [7, 11) is 1.92. The monoisotopic (exact) mass is 355 g/mol. The van der Waals surface area contributed by atoms with Crippen LogP contribution < -0.4 is 0 Å². The number of benzene rings is 1. The Morgan fingerprint density at radius 3 is 2.31 bits per heavy atom. The minimum absolute atomic E-state index is 0.0323. The van der Waals surface area contributed by atoms with Gasteiger partial charge in [-0.2, -0.15) is 0 Å². The molecule has 2 N–H and O–H groups in total. The van der Waals surface area contributed by atoms with Crippen LogP contribution in [0, 0.1) is 0 Å². The van der Waals surface area contributed by atoms with E-state index in [-0.39, 0.29) is 11.3 Å². The summed E-state index contributed by atoms with van der Waals surface area (Å²) < 4.78 is 1.99. The molecule has 0 radical (unpaired) electrons. The van der Waals surface area contributed by atoms with Gasteiger partial charge in [-0.15, -0.1) is 0 Å². The van der Waals surface area contributed by atoms with E-state index in [9.17, 15) is 15.0 Å². The quantitative estimate of drug-likeness (QED) is 0.448. The molecule has 0 spiro atoms. The number of aliphatic hydroxyl groups excluding tert-OH is 1. The number of carboxylic acid groups (broad SMARTS) is 1. The molecule has 26 heavy (non-hydrogen) atoms. The highest BCUT2D eigenvalue weighted by molar-refractivity contribution is 5.98. The second-order valence-electron chi connectivity index (χ2n) is 6.78. The molecule has 0 atom stereocenters. The van der Waals surface area contributed by atoms with Crippen LogP contribution in [-0.2, 0) is 7.05 Å². The van der Waals surface area contributed by atoms with Crippen molar-refractivity contribution in [1.82, 2.24) is 4.57 Å². The number of aliphatic hydroxyl groups is 1. The molecule has 2 aromatic rings. The number of carbonyl (C=O) groups is 1. The molecule has 0 aliphatic rings. The van der Waals surface area contributed by atoms with Crippen LogP contribution in [0.5, 0.6) is 0 Å². The normalized spacial score (nSPS) is 12.1. The van der Waals surface area contributed by atoms with Crippen LogP contribution in [0.15, 0.2) is 36.6 Å². The molecule has 0 saturated carbocycles. The topological polar surface area (TPSA) is 62.5 Å². The second kappa shape index (κ2) is 8.26. The molecule has 140 valence electrons. The van der Waals surface area contributed by atoms with Gasteiger partial charge in [0.2, 0.25) is 0 Å². The van der Waals surface area contributed by atoms with E-state index in [1.54, 1.807) is 12.1 Å². The molecule has 1 aromatic heterocycles. The maximum atomic E-state index is 11.4. The zero-order valence-corrected chi connectivity index (χ0v) is 16.2. The minimum Gasteiger partial charge on any atom is -0.508 e.